The van der Waals surface area contributed by atoms with Crippen molar-refractivity contribution in [1.29, 1.82) is 0 Å². The molecule has 1 saturated carbocycles. The van der Waals surface area contributed by atoms with E-state index in [0.717, 1.165) is 22.7 Å². The van der Waals surface area contributed by atoms with Gasteiger partial charge in [-0.2, -0.15) is 0 Å². The summed E-state index contributed by atoms with van der Waals surface area (Å²) in [6.07, 6.45) is 2.45. The normalized spacial score (nSPS) is 17.3. The quantitative estimate of drug-likeness (QED) is 0.877. The molecule has 3 heteroatoms. The van der Waals surface area contributed by atoms with Gasteiger partial charge in [0.2, 0.25) is 0 Å². The first-order valence-electron chi connectivity index (χ1n) is 6.80. The van der Waals surface area contributed by atoms with Gasteiger partial charge in [0.25, 0.3) is 0 Å². The van der Waals surface area contributed by atoms with Crippen LogP contribution in [0, 0.1) is 5.92 Å². The first-order valence-corrected chi connectivity index (χ1v) is 6.80. The van der Waals surface area contributed by atoms with Gasteiger partial charge in [0.05, 0.1) is 0 Å². The van der Waals surface area contributed by atoms with E-state index in [2.05, 4.69) is 43.2 Å². The van der Waals surface area contributed by atoms with E-state index in [-0.39, 0.29) is 0 Å². The van der Waals surface area contributed by atoms with E-state index >= 15 is 0 Å². The van der Waals surface area contributed by atoms with Gasteiger partial charge in [-0.3, -0.25) is 0 Å². The minimum absolute atomic E-state index is 0.456. The maximum Gasteiger partial charge on any atom is 0.198 e. The summed E-state index contributed by atoms with van der Waals surface area (Å²) in [5.74, 6) is 2.10. The molecule has 1 aliphatic rings. The molecule has 18 heavy (non-hydrogen) atoms. The minimum atomic E-state index is 0.456. The molecule has 0 saturated heterocycles. The number of hydrogen-bond acceptors (Lipinski definition) is 3. The highest BCUT2D eigenvalue weighted by atomic mass is 16.3. The summed E-state index contributed by atoms with van der Waals surface area (Å²) in [6, 6.07) is 6.63. The third-order valence-electron chi connectivity index (χ3n) is 3.73. The van der Waals surface area contributed by atoms with Crippen LogP contribution < -0.4 is 5.32 Å². The largest absolute Gasteiger partial charge is 0.440 e. The van der Waals surface area contributed by atoms with Crippen molar-refractivity contribution in [3.8, 4) is 0 Å². The van der Waals surface area contributed by atoms with Gasteiger partial charge in [-0.15, -0.1) is 0 Å². The number of aromatic nitrogens is 1. The Kier molecular flexibility index (Phi) is 2.77. The summed E-state index contributed by atoms with van der Waals surface area (Å²) in [4.78, 5) is 4.58. The summed E-state index contributed by atoms with van der Waals surface area (Å²) in [6.45, 7) is 6.64. The van der Waals surface area contributed by atoms with Crippen molar-refractivity contribution in [1.82, 2.24) is 4.98 Å². The van der Waals surface area contributed by atoms with Crippen molar-refractivity contribution < 1.29 is 4.42 Å². The maximum absolute atomic E-state index is 5.76. The molecular weight excluding hydrogens is 224 g/mol. The fraction of sp³-hybridized carbons (Fsp3) is 0.533. The van der Waals surface area contributed by atoms with Crippen molar-refractivity contribution in [2.75, 3.05) is 5.32 Å². The van der Waals surface area contributed by atoms with Crippen LogP contribution in [0.25, 0.3) is 11.1 Å². The lowest BCUT2D eigenvalue weighted by Gasteiger charge is -2.18. The third-order valence-corrected chi connectivity index (χ3v) is 3.73. The highest BCUT2D eigenvalue weighted by Crippen LogP contribution is 2.40. The standard InChI is InChI=1S/C15H20N2O/c1-9(2)10(3)16-12-6-7-14-13(8-12)17-15(18-14)11-4-5-11/h6-11,16H,4-5H2,1-3H3. The van der Waals surface area contributed by atoms with Gasteiger partial charge in [0.1, 0.15) is 5.52 Å². The molecule has 0 bridgehead atoms. The fourth-order valence-corrected chi connectivity index (χ4v) is 1.97. The molecule has 0 radical (unpaired) electrons. The Morgan fingerprint density at radius 3 is 2.72 bits per heavy atom. The Balaban J connectivity index is 1.85. The first-order chi connectivity index (χ1) is 8.63. The van der Waals surface area contributed by atoms with Crippen LogP contribution in [0.15, 0.2) is 22.6 Å². The predicted molar refractivity (Wildman–Crippen MR) is 73.9 cm³/mol. The lowest BCUT2D eigenvalue weighted by atomic mass is 10.1. The molecule has 2 aromatic rings. The van der Waals surface area contributed by atoms with E-state index in [9.17, 15) is 0 Å². The molecule has 1 atom stereocenters. The summed E-state index contributed by atoms with van der Waals surface area (Å²) in [5.41, 5.74) is 3.00. The van der Waals surface area contributed by atoms with E-state index in [1.165, 1.54) is 12.8 Å². The molecule has 1 fully saturated rings. The number of fused-ring (bicyclic) bond motifs is 1. The van der Waals surface area contributed by atoms with Gasteiger partial charge in [0.15, 0.2) is 11.5 Å². The molecule has 96 valence electrons. The molecule has 0 amide bonds. The average molecular weight is 244 g/mol. The zero-order chi connectivity index (χ0) is 12.7. The molecule has 0 spiro atoms. The number of anilines is 1. The Bertz CT molecular complexity index is 555. The zero-order valence-electron chi connectivity index (χ0n) is 11.2. The first kappa shape index (κ1) is 11.6. The SMILES string of the molecule is CC(C)C(C)Nc1ccc2oc(C3CC3)nc2c1. The Hall–Kier alpha value is -1.51. The Labute approximate surface area is 108 Å². The van der Waals surface area contributed by atoms with Gasteiger partial charge in [-0.1, -0.05) is 13.8 Å². The van der Waals surface area contributed by atoms with Gasteiger partial charge < -0.3 is 9.73 Å². The summed E-state index contributed by atoms with van der Waals surface area (Å²) < 4.78 is 5.76. The summed E-state index contributed by atoms with van der Waals surface area (Å²) in [7, 11) is 0. The van der Waals surface area contributed by atoms with Gasteiger partial charge in [0, 0.05) is 17.6 Å². The second-order valence-electron chi connectivity index (χ2n) is 5.69. The second kappa shape index (κ2) is 4.30. The van der Waals surface area contributed by atoms with Crippen LogP contribution >= 0.6 is 0 Å². The molecule has 1 aromatic heterocycles. The molecule has 3 rings (SSSR count). The molecule has 1 aliphatic carbocycles. The molecular formula is C15H20N2O. The van der Waals surface area contributed by atoms with Crippen molar-refractivity contribution >= 4 is 16.8 Å². The molecule has 1 heterocycles. The second-order valence-corrected chi connectivity index (χ2v) is 5.69. The third kappa shape index (κ3) is 2.22. The number of nitrogens with one attached hydrogen (secondary N) is 1. The molecule has 0 aliphatic heterocycles. The topological polar surface area (TPSA) is 38.1 Å². The highest BCUT2D eigenvalue weighted by Gasteiger charge is 2.28. The van der Waals surface area contributed by atoms with Crippen LogP contribution in [0.3, 0.4) is 0 Å². The summed E-state index contributed by atoms with van der Waals surface area (Å²) >= 11 is 0. The van der Waals surface area contributed by atoms with Crippen molar-refractivity contribution in [3.63, 3.8) is 0 Å². The van der Waals surface area contributed by atoms with E-state index in [4.69, 9.17) is 4.42 Å². The lowest BCUT2D eigenvalue weighted by molar-refractivity contribution is 0.533. The average Bonchev–Trinajstić information content (AvgIpc) is 3.09. The highest BCUT2D eigenvalue weighted by molar-refractivity contribution is 5.77. The van der Waals surface area contributed by atoms with Gasteiger partial charge >= 0.3 is 0 Å². The van der Waals surface area contributed by atoms with Crippen LogP contribution in [-0.4, -0.2) is 11.0 Å². The van der Waals surface area contributed by atoms with Crippen LogP contribution in [0.1, 0.15) is 45.4 Å². The number of benzene rings is 1. The van der Waals surface area contributed by atoms with Crippen LogP contribution in [0.2, 0.25) is 0 Å². The maximum atomic E-state index is 5.76. The van der Waals surface area contributed by atoms with Gasteiger partial charge in [-0.25, -0.2) is 4.98 Å². The minimum Gasteiger partial charge on any atom is -0.440 e. The van der Waals surface area contributed by atoms with Crippen molar-refractivity contribution in [3.05, 3.63) is 24.1 Å². The molecule has 1 N–H and O–H groups in total. The van der Waals surface area contributed by atoms with E-state index in [1.54, 1.807) is 0 Å². The molecule has 1 unspecified atom stereocenters. The van der Waals surface area contributed by atoms with E-state index < -0.39 is 0 Å². The fourth-order valence-electron chi connectivity index (χ4n) is 1.97. The van der Waals surface area contributed by atoms with E-state index in [1.807, 2.05) is 6.07 Å². The Morgan fingerprint density at radius 2 is 2.06 bits per heavy atom. The Morgan fingerprint density at radius 1 is 1.28 bits per heavy atom. The zero-order valence-corrected chi connectivity index (χ0v) is 11.2. The number of rotatable bonds is 4. The van der Waals surface area contributed by atoms with Crippen molar-refractivity contribution in [2.24, 2.45) is 5.92 Å². The number of hydrogen-bond donors (Lipinski definition) is 1. The molecule has 1 aromatic carbocycles. The lowest BCUT2D eigenvalue weighted by Crippen LogP contribution is -2.21. The van der Waals surface area contributed by atoms with Crippen LogP contribution in [0.4, 0.5) is 5.69 Å². The number of oxazole rings is 1. The monoisotopic (exact) mass is 244 g/mol. The predicted octanol–water partition coefficient (Wildman–Crippen LogP) is 4.16. The smallest absolute Gasteiger partial charge is 0.198 e. The number of nitrogens with zero attached hydrogens (tertiary/aromatic N) is 1. The van der Waals surface area contributed by atoms with Crippen molar-refractivity contribution in [2.45, 2.75) is 45.6 Å². The van der Waals surface area contributed by atoms with Gasteiger partial charge in [-0.05, 0) is 43.9 Å². The summed E-state index contributed by atoms with van der Waals surface area (Å²) in [5, 5.41) is 3.51. The molecule has 3 nitrogen and oxygen atoms in total. The van der Waals surface area contributed by atoms with Crippen LogP contribution in [-0.2, 0) is 0 Å². The van der Waals surface area contributed by atoms with E-state index in [0.29, 0.717) is 17.9 Å². The van der Waals surface area contributed by atoms with Crippen LogP contribution in [0.5, 0.6) is 0 Å².